The summed E-state index contributed by atoms with van der Waals surface area (Å²) in [6.07, 6.45) is 6.30. The molecule has 2 aromatic rings. The van der Waals surface area contributed by atoms with Gasteiger partial charge in [-0.2, -0.15) is 0 Å². The fourth-order valence-electron chi connectivity index (χ4n) is 2.40. The molecule has 0 fully saturated rings. The Hall–Kier alpha value is -0.940. The Balaban J connectivity index is 1.92. The van der Waals surface area contributed by atoms with Gasteiger partial charge in [0.1, 0.15) is 0 Å². The molecule has 2 nitrogen and oxygen atoms in total. The standard InChI is InChI=1S/C18H23IN2/c1-2-12-20-18(11-10-17-5-3-4-13-21-17)14-15-6-8-16(19)9-7-15/h3-9,13,18,20H,2,10-12,14H2,1H3. The van der Waals surface area contributed by atoms with E-state index in [1.165, 1.54) is 21.2 Å². The first kappa shape index (κ1) is 16.4. The Bertz CT molecular complexity index is 511. The fourth-order valence-corrected chi connectivity index (χ4v) is 2.76. The lowest BCUT2D eigenvalue weighted by Gasteiger charge is -2.18. The number of nitrogens with zero attached hydrogens (tertiary/aromatic N) is 1. The number of hydrogen-bond donors (Lipinski definition) is 1. The minimum absolute atomic E-state index is 0.520. The van der Waals surface area contributed by atoms with Crippen LogP contribution >= 0.6 is 22.6 Å². The summed E-state index contributed by atoms with van der Waals surface area (Å²) in [6.45, 7) is 3.30. The van der Waals surface area contributed by atoms with Crippen LogP contribution in [0.4, 0.5) is 0 Å². The number of hydrogen-bond acceptors (Lipinski definition) is 2. The van der Waals surface area contributed by atoms with Crippen molar-refractivity contribution in [2.24, 2.45) is 0 Å². The largest absolute Gasteiger partial charge is 0.314 e. The number of rotatable bonds is 8. The summed E-state index contributed by atoms with van der Waals surface area (Å²) in [5.74, 6) is 0. The van der Waals surface area contributed by atoms with Gasteiger partial charge in [0.2, 0.25) is 0 Å². The third-order valence-electron chi connectivity index (χ3n) is 3.55. The molecule has 0 bridgehead atoms. The normalized spacial score (nSPS) is 12.3. The first-order valence-corrected chi connectivity index (χ1v) is 8.73. The summed E-state index contributed by atoms with van der Waals surface area (Å²) < 4.78 is 1.29. The van der Waals surface area contributed by atoms with Crippen molar-refractivity contribution in [3.8, 4) is 0 Å². The van der Waals surface area contributed by atoms with Gasteiger partial charge < -0.3 is 5.32 Å². The number of aryl methyl sites for hydroxylation is 1. The minimum Gasteiger partial charge on any atom is -0.314 e. The third-order valence-corrected chi connectivity index (χ3v) is 4.27. The van der Waals surface area contributed by atoms with Crippen LogP contribution in [0.3, 0.4) is 0 Å². The number of pyridine rings is 1. The molecule has 112 valence electrons. The molecule has 0 aliphatic heterocycles. The fraction of sp³-hybridized carbons (Fsp3) is 0.389. The Kier molecular flexibility index (Phi) is 7.16. The highest BCUT2D eigenvalue weighted by Crippen LogP contribution is 2.12. The predicted molar refractivity (Wildman–Crippen MR) is 97.5 cm³/mol. The second kappa shape index (κ2) is 9.15. The van der Waals surface area contributed by atoms with Gasteiger partial charge in [-0.3, -0.25) is 4.98 Å². The third kappa shape index (κ3) is 6.14. The molecule has 1 aromatic carbocycles. The van der Waals surface area contributed by atoms with Gasteiger partial charge in [-0.15, -0.1) is 0 Å². The van der Waals surface area contributed by atoms with Gasteiger partial charge in [0, 0.05) is 21.5 Å². The van der Waals surface area contributed by atoms with E-state index in [0.29, 0.717) is 6.04 Å². The first-order chi connectivity index (χ1) is 10.3. The van der Waals surface area contributed by atoms with Crippen molar-refractivity contribution in [1.29, 1.82) is 0 Å². The summed E-state index contributed by atoms with van der Waals surface area (Å²) in [5, 5.41) is 3.67. The molecule has 1 atom stereocenters. The summed E-state index contributed by atoms with van der Waals surface area (Å²) in [5.41, 5.74) is 2.59. The molecule has 0 amide bonds. The Morgan fingerprint density at radius 1 is 1.14 bits per heavy atom. The van der Waals surface area contributed by atoms with Crippen LogP contribution in [0, 0.1) is 3.57 Å². The van der Waals surface area contributed by atoms with E-state index in [9.17, 15) is 0 Å². The van der Waals surface area contributed by atoms with Crippen LogP contribution in [0.15, 0.2) is 48.7 Å². The maximum Gasteiger partial charge on any atom is 0.0404 e. The molecule has 21 heavy (non-hydrogen) atoms. The van der Waals surface area contributed by atoms with E-state index in [-0.39, 0.29) is 0 Å². The molecular formula is C18H23IN2. The SMILES string of the molecule is CCCNC(CCc1ccccn1)Cc1ccc(I)cc1. The Morgan fingerprint density at radius 3 is 2.62 bits per heavy atom. The van der Waals surface area contributed by atoms with E-state index in [1.807, 2.05) is 12.3 Å². The zero-order valence-electron chi connectivity index (χ0n) is 12.6. The summed E-state index contributed by atoms with van der Waals surface area (Å²) in [6, 6.07) is 15.5. The zero-order chi connectivity index (χ0) is 14.9. The van der Waals surface area contributed by atoms with Crippen LogP contribution in [0.2, 0.25) is 0 Å². The van der Waals surface area contributed by atoms with Crippen molar-refractivity contribution in [2.45, 2.75) is 38.6 Å². The molecule has 0 aliphatic carbocycles. The van der Waals surface area contributed by atoms with Crippen LogP contribution in [-0.2, 0) is 12.8 Å². The predicted octanol–water partition coefficient (Wildman–Crippen LogP) is 4.23. The van der Waals surface area contributed by atoms with Gasteiger partial charge in [-0.1, -0.05) is 25.1 Å². The minimum atomic E-state index is 0.520. The second-order valence-electron chi connectivity index (χ2n) is 5.34. The first-order valence-electron chi connectivity index (χ1n) is 7.65. The van der Waals surface area contributed by atoms with Crippen LogP contribution < -0.4 is 5.32 Å². The van der Waals surface area contributed by atoms with Crippen molar-refractivity contribution in [2.75, 3.05) is 6.54 Å². The molecular weight excluding hydrogens is 371 g/mol. The molecule has 1 aromatic heterocycles. The molecule has 0 saturated heterocycles. The maximum absolute atomic E-state index is 4.42. The van der Waals surface area contributed by atoms with Crippen molar-refractivity contribution < 1.29 is 0 Å². The average molecular weight is 394 g/mol. The van der Waals surface area contributed by atoms with E-state index in [1.54, 1.807) is 0 Å². The lowest BCUT2D eigenvalue weighted by Crippen LogP contribution is -2.32. The monoisotopic (exact) mass is 394 g/mol. The highest BCUT2D eigenvalue weighted by Gasteiger charge is 2.09. The molecule has 3 heteroatoms. The lowest BCUT2D eigenvalue weighted by atomic mass is 10.0. The number of aromatic nitrogens is 1. The van der Waals surface area contributed by atoms with Crippen molar-refractivity contribution in [1.82, 2.24) is 10.3 Å². The van der Waals surface area contributed by atoms with Gasteiger partial charge in [0.05, 0.1) is 0 Å². The molecule has 1 N–H and O–H groups in total. The molecule has 1 unspecified atom stereocenters. The summed E-state index contributed by atoms with van der Waals surface area (Å²) >= 11 is 2.35. The molecule has 0 spiro atoms. The van der Waals surface area contributed by atoms with E-state index in [2.05, 4.69) is 76.2 Å². The van der Waals surface area contributed by atoms with Crippen molar-refractivity contribution in [3.05, 3.63) is 63.5 Å². The molecule has 2 rings (SSSR count). The van der Waals surface area contributed by atoms with Crippen molar-refractivity contribution >= 4 is 22.6 Å². The Labute approximate surface area is 141 Å². The lowest BCUT2D eigenvalue weighted by molar-refractivity contribution is 0.475. The Morgan fingerprint density at radius 2 is 1.95 bits per heavy atom. The highest BCUT2D eigenvalue weighted by atomic mass is 127. The van der Waals surface area contributed by atoms with E-state index >= 15 is 0 Å². The maximum atomic E-state index is 4.42. The molecule has 0 aliphatic rings. The smallest absolute Gasteiger partial charge is 0.0404 e. The second-order valence-corrected chi connectivity index (χ2v) is 6.59. The van der Waals surface area contributed by atoms with Gasteiger partial charge in [0.15, 0.2) is 0 Å². The number of nitrogens with one attached hydrogen (secondary N) is 1. The summed E-state index contributed by atoms with van der Waals surface area (Å²) in [7, 11) is 0. The van der Waals surface area contributed by atoms with E-state index < -0.39 is 0 Å². The summed E-state index contributed by atoms with van der Waals surface area (Å²) in [4.78, 5) is 4.42. The topological polar surface area (TPSA) is 24.9 Å². The number of benzene rings is 1. The van der Waals surface area contributed by atoms with Gasteiger partial charge in [-0.05, 0) is 84.6 Å². The average Bonchev–Trinajstić information content (AvgIpc) is 2.53. The van der Waals surface area contributed by atoms with Crippen LogP contribution in [0.1, 0.15) is 31.0 Å². The molecule has 0 radical (unpaired) electrons. The number of halogens is 1. The molecule has 0 saturated carbocycles. The van der Waals surface area contributed by atoms with Gasteiger partial charge >= 0.3 is 0 Å². The van der Waals surface area contributed by atoms with E-state index in [0.717, 1.165) is 25.8 Å². The van der Waals surface area contributed by atoms with Crippen molar-refractivity contribution in [3.63, 3.8) is 0 Å². The quantitative estimate of drug-likeness (QED) is 0.678. The van der Waals surface area contributed by atoms with Crippen LogP contribution in [0.5, 0.6) is 0 Å². The van der Waals surface area contributed by atoms with Crippen LogP contribution in [0.25, 0.3) is 0 Å². The van der Waals surface area contributed by atoms with Crippen LogP contribution in [-0.4, -0.2) is 17.6 Å². The molecule has 1 heterocycles. The van der Waals surface area contributed by atoms with Gasteiger partial charge in [0.25, 0.3) is 0 Å². The van der Waals surface area contributed by atoms with Gasteiger partial charge in [-0.25, -0.2) is 0 Å². The van der Waals surface area contributed by atoms with E-state index in [4.69, 9.17) is 0 Å². The highest BCUT2D eigenvalue weighted by molar-refractivity contribution is 14.1. The zero-order valence-corrected chi connectivity index (χ0v) is 14.7.